The van der Waals surface area contributed by atoms with Crippen LogP contribution in [-0.2, 0) is 11.5 Å². The number of benzene rings is 2. The lowest BCUT2D eigenvalue weighted by Crippen LogP contribution is -2.09. The Morgan fingerprint density at radius 3 is 2.15 bits per heavy atom. The molecule has 0 unspecified atom stereocenters. The van der Waals surface area contributed by atoms with Crippen LogP contribution in [0, 0.1) is 0 Å². The van der Waals surface area contributed by atoms with Gasteiger partial charge in [-0.25, -0.2) is 0 Å². The lowest BCUT2D eigenvalue weighted by atomic mass is 9.96. The SMILES string of the molecule is FC(F)(F)c1cccc(-c2cccc(Cl)c2Cl)c1CBr. The molecule has 20 heavy (non-hydrogen) atoms. The van der Waals surface area contributed by atoms with E-state index in [9.17, 15) is 13.2 Å². The van der Waals surface area contributed by atoms with Crippen molar-refractivity contribution >= 4 is 39.1 Å². The highest BCUT2D eigenvalue weighted by Gasteiger charge is 2.34. The Balaban J connectivity index is 2.72. The van der Waals surface area contributed by atoms with Gasteiger partial charge in [-0.15, -0.1) is 0 Å². The zero-order valence-corrected chi connectivity index (χ0v) is 13.0. The normalized spacial score (nSPS) is 11.7. The summed E-state index contributed by atoms with van der Waals surface area (Å²) in [6.45, 7) is 0. The molecular weight excluding hydrogens is 376 g/mol. The summed E-state index contributed by atoms with van der Waals surface area (Å²) in [7, 11) is 0. The van der Waals surface area contributed by atoms with Crippen molar-refractivity contribution in [1.82, 2.24) is 0 Å². The van der Waals surface area contributed by atoms with Gasteiger partial charge in [-0.05, 0) is 23.3 Å². The van der Waals surface area contributed by atoms with Gasteiger partial charge in [0.05, 0.1) is 15.6 Å². The molecule has 0 aliphatic carbocycles. The number of hydrogen-bond donors (Lipinski definition) is 0. The molecule has 0 saturated carbocycles. The summed E-state index contributed by atoms with van der Waals surface area (Å²) < 4.78 is 39.1. The van der Waals surface area contributed by atoms with E-state index in [4.69, 9.17) is 23.2 Å². The largest absolute Gasteiger partial charge is 0.416 e. The molecule has 0 aliphatic rings. The standard InChI is InChI=1S/C14H8BrCl2F3/c15-7-10-8(3-1-5-11(10)14(18,19)20)9-4-2-6-12(16)13(9)17/h1-6H,7H2. The second-order valence-corrected chi connectivity index (χ2v) is 5.41. The average molecular weight is 384 g/mol. The summed E-state index contributed by atoms with van der Waals surface area (Å²) in [5.41, 5.74) is 0.371. The fourth-order valence-corrected chi connectivity index (χ4v) is 2.97. The molecule has 2 aromatic rings. The van der Waals surface area contributed by atoms with Crippen molar-refractivity contribution in [2.75, 3.05) is 0 Å². The first kappa shape index (κ1) is 15.7. The summed E-state index contributed by atoms with van der Waals surface area (Å²) in [5, 5.41) is 0.624. The summed E-state index contributed by atoms with van der Waals surface area (Å²) in [5.74, 6) is 0. The van der Waals surface area contributed by atoms with Crippen LogP contribution in [-0.4, -0.2) is 0 Å². The molecule has 0 N–H and O–H groups in total. The molecule has 106 valence electrons. The first-order chi connectivity index (χ1) is 9.36. The Labute approximate surface area is 132 Å². The molecule has 0 saturated heterocycles. The van der Waals surface area contributed by atoms with Crippen LogP contribution in [0.15, 0.2) is 36.4 Å². The number of hydrogen-bond acceptors (Lipinski definition) is 0. The topological polar surface area (TPSA) is 0 Å². The third kappa shape index (κ3) is 2.97. The summed E-state index contributed by atoms with van der Waals surface area (Å²) in [6, 6.07) is 8.91. The molecule has 0 spiro atoms. The van der Waals surface area contributed by atoms with E-state index in [-0.39, 0.29) is 15.9 Å². The van der Waals surface area contributed by atoms with Crippen LogP contribution in [0.3, 0.4) is 0 Å². The van der Waals surface area contributed by atoms with E-state index in [0.717, 1.165) is 6.07 Å². The molecule has 0 aromatic heterocycles. The highest BCUT2D eigenvalue weighted by molar-refractivity contribution is 9.08. The van der Waals surface area contributed by atoms with Gasteiger partial charge in [0.25, 0.3) is 0 Å². The van der Waals surface area contributed by atoms with Gasteiger partial charge in [-0.1, -0.05) is 63.4 Å². The number of rotatable bonds is 2. The van der Waals surface area contributed by atoms with Gasteiger partial charge in [-0.2, -0.15) is 13.2 Å². The third-order valence-electron chi connectivity index (χ3n) is 2.86. The second-order valence-electron chi connectivity index (χ2n) is 4.06. The van der Waals surface area contributed by atoms with E-state index in [0.29, 0.717) is 16.1 Å². The third-order valence-corrected chi connectivity index (χ3v) is 4.24. The smallest absolute Gasteiger partial charge is 0.166 e. The molecule has 0 aliphatic heterocycles. The molecule has 0 nitrogen and oxygen atoms in total. The number of alkyl halides is 4. The number of halogens is 6. The fraction of sp³-hybridized carbons (Fsp3) is 0.143. The van der Waals surface area contributed by atoms with E-state index in [2.05, 4.69) is 15.9 Å². The summed E-state index contributed by atoms with van der Waals surface area (Å²) >= 11 is 15.1. The molecule has 2 aromatic carbocycles. The van der Waals surface area contributed by atoms with Crippen LogP contribution in [0.2, 0.25) is 10.0 Å². The highest BCUT2D eigenvalue weighted by Crippen LogP contribution is 2.41. The minimum absolute atomic E-state index is 0.0703. The molecule has 0 heterocycles. The zero-order chi connectivity index (χ0) is 14.9. The molecule has 0 amide bonds. The summed E-state index contributed by atoms with van der Waals surface area (Å²) in [4.78, 5) is 0. The van der Waals surface area contributed by atoms with Crippen LogP contribution < -0.4 is 0 Å². The maximum Gasteiger partial charge on any atom is 0.416 e. The first-order valence-electron chi connectivity index (χ1n) is 5.55. The molecule has 2 rings (SSSR count). The van der Waals surface area contributed by atoms with E-state index < -0.39 is 11.7 Å². The van der Waals surface area contributed by atoms with Gasteiger partial charge in [0.15, 0.2) is 0 Å². The predicted molar refractivity (Wildman–Crippen MR) is 79.5 cm³/mol. The lowest BCUT2D eigenvalue weighted by molar-refractivity contribution is -0.138. The quantitative estimate of drug-likeness (QED) is 0.514. The van der Waals surface area contributed by atoms with Crippen molar-refractivity contribution < 1.29 is 13.2 Å². The van der Waals surface area contributed by atoms with Crippen LogP contribution in [0.5, 0.6) is 0 Å². The maximum absolute atomic E-state index is 13.0. The average Bonchev–Trinajstić information content (AvgIpc) is 2.40. The lowest BCUT2D eigenvalue weighted by Gasteiger charge is -2.16. The Morgan fingerprint density at radius 1 is 0.950 bits per heavy atom. The minimum Gasteiger partial charge on any atom is -0.166 e. The molecule has 0 atom stereocenters. The van der Waals surface area contributed by atoms with Crippen molar-refractivity contribution in [1.29, 1.82) is 0 Å². The van der Waals surface area contributed by atoms with Gasteiger partial charge < -0.3 is 0 Å². The van der Waals surface area contributed by atoms with Crippen LogP contribution in [0.1, 0.15) is 11.1 Å². The van der Waals surface area contributed by atoms with Crippen LogP contribution >= 0.6 is 39.1 Å². The predicted octanol–water partition coefficient (Wildman–Crippen LogP) is 6.57. The molecule has 0 fully saturated rings. The minimum atomic E-state index is -4.41. The van der Waals surface area contributed by atoms with Gasteiger partial charge in [0.2, 0.25) is 0 Å². The molecular formula is C14H8BrCl2F3. The monoisotopic (exact) mass is 382 g/mol. The van der Waals surface area contributed by atoms with Crippen molar-refractivity contribution in [2.45, 2.75) is 11.5 Å². The summed E-state index contributed by atoms with van der Waals surface area (Å²) in [6.07, 6.45) is -4.41. The fourth-order valence-electron chi connectivity index (χ4n) is 1.96. The first-order valence-corrected chi connectivity index (χ1v) is 7.43. The van der Waals surface area contributed by atoms with Gasteiger partial charge in [-0.3, -0.25) is 0 Å². The van der Waals surface area contributed by atoms with Crippen molar-refractivity contribution in [2.24, 2.45) is 0 Å². The highest BCUT2D eigenvalue weighted by atomic mass is 79.9. The van der Waals surface area contributed by atoms with E-state index in [1.54, 1.807) is 24.3 Å². The van der Waals surface area contributed by atoms with Crippen molar-refractivity contribution in [3.8, 4) is 11.1 Å². The van der Waals surface area contributed by atoms with Crippen LogP contribution in [0.4, 0.5) is 13.2 Å². The van der Waals surface area contributed by atoms with E-state index in [1.807, 2.05) is 0 Å². The molecule has 0 radical (unpaired) electrons. The molecule has 0 bridgehead atoms. The Bertz CT molecular complexity index is 639. The van der Waals surface area contributed by atoms with Gasteiger partial charge in [0, 0.05) is 10.9 Å². The van der Waals surface area contributed by atoms with E-state index in [1.165, 1.54) is 6.07 Å². The van der Waals surface area contributed by atoms with Crippen molar-refractivity contribution in [3.63, 3.8) is 0 Å². The Hall–Kier alpha value is -0.710. The van der Waals surface area contributed by atoms with Gasteiger partial charge >= 0.3 is 6.18 Å². The molecule has 6 heteroatoms. The Morgan fingerprint density at radius 2 is 1.55 bits per heavy atom. The second kappa shape index (κ2) is 5.96. The maximum atomic E-state index is 13.0. The van der Waals surface area contributed by atoms with Crippen LogP contribution in [0.25, 0.3) is 11.1 Å². The van der Waals surface area contributed by atoms with Crippen molar-refractivity contribution in [3.05, 3.63) is 57.6 Å². The van der Waals surface area contributed by atoms with E-state index >= 15 is 0 Å². The Kier molecular flexibility index (Phi) is 4.67. The van der Waals surface area contributed by atoms with Gasteiger partial charge in [0.1, 0.15) is 0 Å². The zero-order valence-electron chi connectivity index (χ0n) is 9.94.